The lowest BCUT2D eigenvalue weighted by molar-refractivity contribution is -0.167. The average molecular weight is 1080 g/mol. The van der Waals surface area contributed by atoms with Crippen molar-refractivity contribution < 1.29 is 28.6 Å². The summed E-state index contributed by atoms with van der Waals surface area (Å²) in [5.74, 6) is -0.864. The Hall–Kier alpha value is -2.37. The molecule has 0 aliphatic rings. The van der Waals surface area contributed by atoms with Gasteiger partial charge in [0.25, 0.3) is 0 Å². The number of unbranched alkanes of at least 4 members (excludes halogenated alkanes) is 47. The Morgan fingerprint density at radius 1 is 0.273 bits per heavy atom. The molecule has 0 saturated carbocycles. The van der Waals surface area contributed by atoms with Gasteiger partial charge in [0.15, 0.2) is 6.10 Å². The number of esters is 3. The van der Waals surface area contributed by atoms with E-state index in [9.17, 15) is 14.4 Å². The molecule has 0 saturated heterocycles. The molecular formula is C71H132O6. The zero-order valence-corrected chi connectivity index (χ0v) is 52.0. The van der Waals surface area contributed by atoms with Crippen molar-refractivity contribution in [2.24, 2.45) is 0 Å². The molecule has 77 heavy (non-hydrogen) atoms. The van der Waals surface area contributed by atoms with Gasteiger partial charge in [-0.1, -0.05) is 346 Å². The minimum atomic E-state index is -0.773. The van der Waals surface area contributed by atoms with Gasteiger partial charge in [-0.3, -0.25) is 14.4 Å². The molecule has 0 amide bonds. The smallest absolute Gasteiger partial charge is 0.306 e. The number of hydrogen-bond donors (Lipinski definition) is 0. The third kappa shape index (κ3) is 64.3. The number of carbonyl (C=O) groups is 3. The van der Waals surface area contributed by atoms with Crippen LogP contribution in [-0.4, -0.2) is 37.2 Å². The van der Waals surface area contributed by atoms with E-state index >= 15 is 0 Å². The molecule has 0 bridgehead atoms. The predicted molar refractivity (Wildman–Crippen MR) is 335 cm³/mol. The van der Waals surface area contributed by atoms with Crippen molar-refractivity contribution in [2.75, 3.05) is 13.2 Å². The van der Waals surface area contributed by atoms with E-state index in [4.69, 9.17) is 14.2 Å². The van der Waals surface area contributed by atoms with Crippen molar-refractivity contribution in [1.82, 2.24) is 0 Å². The molecule has 0 heterocycles. The third-order valence-corrected chi connectivity index (χ3v) is 15.7. The van der Waals surface area contributed by atoms with E-state index in [2.05, 4.69) is 57.2 Å². The minimum absolute atomic E-state index is 0.0716. The van der Waals surface area contributed by atoms with Gasteiger partial charge in [0.2, 0.25) is 0 Å². The van der Waals surface area contributed by atoms with Crippen LogP contribution >= 0.6 is 0 Å². The van der Waals surface area contributed by atoms with Crippen LogP contribution in [-0.2, 0) is 28.6 Å². The van der Waals surface area contributed by atoms with Gasteiger partial charge in [0.05, 0.1) is 0 Å². The first-order valence-electron chi connectivity index (χ1n) is 34.5. The Bertz CT molecular complexity index is 1290. The summed E-state index contributed by atoms with van der Waals surface area (Å²) < 4.78 is 16.9. The molecule has 6 nitrogen and oxygen atoms in total. The van der Waals surface area contributed by atoms with Crippen LogP contribution in [0.4, 0.5) is 0 Å². The van der Waals surface area contributed by atoms with Gasteiger partial charge < -0.3 is 14.2 Å². The summed E-state index contributed by atoms with van der Waals surface area (Å²) in [5.41, 5.74) is 0. The van der Waals surface area contributed by atoms with Gasteiger partial charge in [0.1, 0.15) is 13.2 Å². The molecule has 0 radical (unpaired) electrons. The Kier molecular flexibility index (Phi) is 64.1. The molecule has 1 atom stereocenters. The molecular weight excluding hydrogens is 949 g/mol. The van der Waals surface area contributed by atoms with Crippen LogP contribution in [0.5, 0.6) is 0 Å². The van der Waals surface area contributed by atoms with Crippen LogP contribution < -0.4 is 0 Å². The fourth-order valence-corrected chi connectivity index (χ4v) is 10.5. The zero-order chi connectivity index (χ0) is 55.7. The van der Waals surface area contributed by atoms with E-state index in [1.54, 1.807) is 0 Å². The Morgan fingerprint density at radius 2 is 0.506 bits per heavy atom. The molecule has 6 heteroatoms. The Morgan fingerprint density at radius 3 is 0.792 bits per heavy atom. The van der Waals surface area contributed by atoms with Gasteiger partial charge in [-0.15, -0.1) is 0 Å². The van der Waals surface area contributed by atoms with Crippen molar-refractivity contribution in [3.05, 3.63) is 36.5 Å². The lowest BCUT2D eigenvalue weighted by Gasteiger charge is -2.18. The van der Waals surface area contributed by atoms with E-state index in [0.29, 0.717) is 19.3 Å². The van der Waals surface area contributed by atoms with Crippen LogP contribution in [0.25, 0.3) is 0 Å². The maximum absolute atomic E-state index is 12.9. The molecule has 0 aromatic heterocycles. The highest BCUT2D eigenvalue weighted by atomic mass is 16.6. The summed E-state index contributed by atoms with van der Waals surface area (Å²) in [7, 11) is 0. The molecule has 0 rings (SSSR count). The Balaban J connectivity index is 3.96. The monoisotopic (exact) mass is 1080 g/mol. The van der Waals surface area contributed by atoms with Crippen LogP contribution in [0.1, 0.15) is 380 Å². The van der Waals surface area contributed by atoms with Gasteiger partial charge in [0, 0.05) is 19.3 Å². The minimum Gasteiger partial charge on any atom is -0.462 e. The maximum atomic E-state index is 12.9. The Labute approximate surface area is 480 Å². The highest BCUT2D eigenvalue weighted by Crippen LogP contribution is 2.19. The summed E-state index contributed by atoms with van der Waals surface area (Å²) in [6.45, 7) is 6.55. The van der Waals surface area contributed by atoms with Crippen molar-refractivity contribution in [1.29, 1.82) is 0 Å². The van der Waals surface area contributed by atoms with Gasteiger partial charge >= 0.3 is 17.9 Å². The summed E-state index contributed by atoms with van der Waals surface area (Å²) in [6, 6.07) is 0. The molecule has 0 N–H and O–H groups in total. The van der Waals surface area contributed by atoms with Gasteiger partial charge in [-0.05, 0) is 51.4 Å². The second kappa shape index (κ2) is 66.1. The van der Waals surface area contributed by atoms with Crippen molar-refractivity contribution in [3.63, 3.8) is 0 Å². The first-order valence-corrected chi connectivity index (χ1v) is 34.5. The lowest BCUT2D eigenvalue weighted by atomic mass is 10.0. The summed E-state index contributed by atoms with van der Waals surface area (Å²) in [5, 5.41) is 0. The normalized spacial score (nSPS) is 12.2. The second-order valence-corrected chi connectivity index (χ2v) is 23.4. The number of rotatable bonds is 64. The quantitative estimate of drug-likeness (QED) is 0.0261. The van der Waals surface area contributed by atoms with E-state index < -0.39 is 6.10 Å². The SMILES string of the molecule is CC/C=C\C/C=C\C/C=C\CCCCCCCCCC(=O)OC(COC(=O)CCCCCCCCCC)COC(=O)CCCCCCCCCCCCCCCCCCCCCCCCCCCCCCCCCCCC. The molecule has 0 aliphatic heterocycles. The van der Waals surface area contributed by atoms with Crippen molar-refractivity contribution >= 4 is 17.9 Å². The lowest BCUT2D eigenvalue weighted by Crippen LogP contribution is -2.30. The predicted octanol–water partition coefficient (Wildman–Crippen LogP) is 23.6. The molecule has 0 aromatic rings. The zero-order valence-electron chi connectivity index (χ0n) is 52.0. The maximum Gasteiger partial charge on any atom is 0.306 e. The topological polar surface area (TPSA) is 78.9 Å². The van der Waals surface area contributed by atoms with E-state index in [1.807, 2.05) is 0 Å². The molecule has 452 valence electrons. The van der Waals surface area contributed by atoms with Crippen LogP contribution in [0, 0.1) is 0 Å². The standard InChI is InChI=1S/C71H132O6/c1-4-7-10-13-16-19-21-23-25-27-28-29-30-31-32-33-34-35-36-37-38-39-40-41-42-43-45-46-48-50-52-55-58-61-64-70(73)76-67-68(66-75-69(72)63-60-57-54-18-15-12-9-6-3)77-71(74)65-62-59-56-53-51-49-47-44-26-24-22-20-17-14-11-8-5-2/h8,11,17,20,24,26,68H,4-7,9-10,12-16,18-19,21-23,25,27-67H2,1-3H3/b11-8-,20-17-,26-24-. The number of carbonyl (C=O) groups excluding carboxylic acids is 3. The number of allylic oxidation sites excluding steroid dienone is 6. The summed E-state index contributed by atoms with van der Waals surface area (Å²) in [4.78, 5) is 38.1. The second-order valence-electron chi connectivity index (χ2n) is 23.4. The van der Waals surface area contributed by atoms with Gasteiger partial charge in [-0.2, -0.15) is 0 Å². The number of hydrogen-bond acceptors (Lipinski definition) is 6. The molecule has 0 spiro atoms. The molecule has 1 unspecified atom stereocenters. The third-order valence-electron chi connectivity index (χ3n) is 15.7. The van der Waals surface area contributed by atoms with E-state index in [-0.39, 0.29) is 31.1 Å². The van der Waals surface area contributed by atoms with E-state index in [1.165, 1.54) is 257 Å². The fraction of sp³-hybridized carbons (Fsp3) is 0.873. The first kappa shape index (κ1) is 74.6. The summed E-state index contributed by atoms with van der Waals surface area (Å²) in [6.07, 6.45) is 82.2. The van der Waals surface area contributed by atoms with Crippen molar-refractivity contribution in [2.45, 2.75) is 386 Å². The summed E-state index contributed by atoms with van der Waals surface area (Å²) >= 11 is 0. The number of ether oxygens (including phenoxy) is 3. The highest BCUT2D eigenvalue weighted by Gasteiger charge is 2.19. The van der Waals surface area contributed by atoms with Crippen LogP contribution in [0.15, 0.2) is 36.5 Å². The van der Waals surface area contributed by atoms with Crippen molar-refractivity contribution in [3.8, 4) is 0 Å². The van der Waals surface area contributed by atoms with Gasteiger partial charge in [-0.25, -0.2) is 0 Å². The molecule has 0 fully saturated rings. The largest absolute Gasteiger partial charge is 0.462 e. The fourth-order valence-electron chi connectivity index (χ4n) is 10.5. The van der Waals surface area contributed by atoms with E-state index in [0.717, 1.165) is 83.5 Å². The van der Waals surface area contributed by atoms with Crippen LogP contribution in [0.3, 0.4) is 0 Å². The molecule has 0 aliphatic carbocycles. The first-order chi connectivity index (χ1) is 38.0. The van der Waals surface area contributed by atoms with Crippen LogP contribution in [0.2, 0.25) is 0 Å². The highest BCUT2D eigenvalue weighted by molar-refractivity contribution is 5.71. The molecule has 0 aromatic carbocycles. The average Bonchev–Trinajstić information content (AvgIpc) is 3.43.